The van der Waals surface area contributed by atoms with Crippen molar-refractivity contribution in [3.05, 3.63) is 47.8 Å². The van der Waals surface area contributed by atoms with Crippen molar-refractivity contribution in [3.8, 4) is 5.69 Å². The average Bonchev–Trinajstić information content (AvgIpc) is 2.92. The number of nitrogen functional groups attached to an aromatic ring is 1. The van der Waals surface area contributed by atoms with Crippen molar-refractivity contribution in [2.75, 3.05) is 5.73 Å². The second kappa shape index (κ2) is 4.34. The summed E-state index contributed by atoms with van der Waals surface area (Å²) in [6.07, 6.45) is 6.30. The number of rotatable bonds is 1. The van der Waals surface area contributed by atoms with Crippen LogP contribution in [0.4, 0.5) is 5.69 Å². The summed E-state index contributed by atoms with van der Waals surface area (Å²) in [4.78, 5) is 4.83. The molecule has 0 unspecified atom stereocenters. The Morgan fingerprint density at radius 1 is 1.05 bits per heavy atom. The fourth-order valence-electron chi connectivity index (χ4n) is 2.99. The molecule has 0 atom stereocenters. The molecular formula is C16H16N4. The number of fused-ring (bicyclic) bond motifs is 2. The van der Waals surface area contributed by atoms with Crippen LogP contribution in [0.25, 0.3) is 16.7 Å². The zero-order chi connectivity index (χ0) is 13.5. The smallest absolute Gasteiger partial charge is 0.165 e. The van der Waals surface area contributed by atoms with Crippen LogP contribution in [0.3, 0.4) is 0 Å². The van der Waals surface area contributed by atoms with E-state index in [9.17, 15) is 0 Å². The Morgan fingerprint density at radius 3 is 2.70 bits per heavy atom. The highest BCUT2D eigenvalue weighted by Gasteiger charge is 2.19. The number of aromatic nitrogens is 3. The van der Waals surface area contributed by atoms with Crippen molar-refractivity contribution in [2.45, 2.75) is 25.7 Å². The molecule has 0 saturated heterocycles. The highest BCUT2D eigenvalue weighted by Crippen LogP contribution is 2.31. The molecule has 2 aromatic heterocycles. The third-order valence-corrected chi connectivity index (χ3v) is 4.04. The molecule has 0 aliphatic heterocycles. The van der Waals surface area contributed by atoms with Crippen molar-refractivity contribution in [1.82, 2.24) is 14.8 Å². The maximum Gasteiger partial charge on any atom is 0.165 e. The molecule has 4 heteroatoms. The Bertz CT molecular complexity index is 774. The first-order chi connectivity index (χ1) is 9.84. The van der Waals surface area contributed by atoms with Crippen molar-refractivity contribution >= 4 is 16.7 Å². The molecule has 0 radical (unpaired) electrons. The number of pyridine rings is 1. The summed E-state index contributed by atoms with van der Waals surface area (Å²) in [6, 6.07) is 10.1. The number of nitrogens with two attached hydrogens (primary N) is 1. The van der Waals surface area contributed by atoms with Gasteiger partial charge in [0.2, 0.25) is 0 Å². The molecule has 100 valence electrons. The Balaban J connectivity index is 1.99. The SMILES string of the molecule is Nc1c2c(nc3c1cnn3-c1ccccc1)CCCC2. The molecule has 2 N–H and O–H groups in total. The van der Waals surface area contributed by atoms with Gasteiger partial charge in [-0.25, -0.2) is 9.67 Å². The first kappa shape index (κ1) is 11.5. The van der Waals surface area contributed by atoms with Crippen LogP contribution in [0.2, 0.25) is 0 Å². The summed E-state index contributed by atoms with van der Waals surface area (Å²) < 4.78 is 1.88. The normalized spacial score (nSPS) is 14.4. The van der Waals surface area contributed by atoms with Gasteiger partial charge in [0.25, 0.3) is 0 Å². The molecule has 20 heavy (non-hydrogen) atoms. The van der Waals surface area contributed by atoms with Crippen LogP contribution in [0.1, 0.15) is 24.1 Å². The quantitative estimate of drug-likeness (QED) is 0.735. The van der Waals surface area contributed by atoms with Crippen molar-refractivity contribution < 1.29 is 0 Å². The number of anilines is 1. The molecule has 4 rings (SSSR count). The highest BCUT2D eigenvalue weighted by atomic mass is 15.3. The van der Waals surface area contributed by atoms with Crippen LogP contribution in [0.15, 0.2) is 36.5 Å². The summed E-state index contributed by atoms with van der Waals surface area (Å²) in [5.41, 5.74) is 11.5. The summed E-state index contributed by atoms with van der Waals surface area (Å²) >= 11 is 0. The van der Waals surface area contributed by atoms with Crippen molar-refractivity contribution in [2.24, 2.45) is 0 Å². The zero-order valence-corrected chi connectivity index (χ0v) is 11.2. The number of nitrogens with zero attached hydrogens (tertiary/aromatic N) is 3. The van der Waals surface area contributed by atoms with Crippen molar-refractivity contribution in [1.29, 1.82) is 0 Å². The van der Waals surface area contributed by atoms with Crippen LogP contribution in [-0.4, -0.2) is 14.8 Å². The third-order valence-electron chi connectivity index (χ3n) is 4.04. The summed E-state index contributed by atoms with van der Waals surface area (Å²) in [5, 5.41) is 5.44. The maximum absolute atomic E-state index is 6.34. The second-order valence-electron chi connectivity index (χ2n) is 5.29. The lowest BCUT2D eigenvalue weighted by Gasteiger charge is -2.17. The summed E-state index contributed by atoms with van der Waals surface area (Å²) in [5.74, 6) is 0. The first-order valence-electron chi connectivity index (χ1n) is 7.05. The fourth-order valence-corrected chi connectivity index (χ4v) is 2.99. The van der Waals surface area contributed by atoms with Gasteiger partial charge in [-0.2, -0.15) is 5.10 Å². The number of hydrogen-bond donors (Lipinski definition) is 1. The van der Waals surface area contributed by atoms with Crippen LogP contribution < -0.4 is 5.73 Å². The predicted octanol–water partition coefficient (Wildman–Crippen LogP) is 2.88. The lowest BCUT2D eigenvalue weighted by Crippen LogP contribution is -2.10. The Kier molecular flexibility index (Phi) is 2.49. The average molecular weight is 264 g/mol. The molecule has 3 aromatic rings. The first-order valence-corrected chi connectivity index (χ1v) is 7.05. The van der Waals surface area contributed by atoms with Gasteiger partial charge in [-0.1, -0.05) is 18.2 Å². The minimum absolute atomic E-state index is 0.867. The number of aryl methyl sites for hydroxylation is 1. The van der Waals surface area contributed by atoms with Gasteiger partial charge in [0, 0.05) is 11.4 Å². The minimum atomic E-state index is 0.867. The van der Waals surface area contributed by atoms with E-state index in [0.29, 0.717) is 0 Å². The zero-order valence-electron chi connectivity index (χ0n) is 11.2. The largest absolute Gasteiger partial charge is 0.398 e. The molecule has 0 bridgehead atoms. The molecule has 0 spiro atoms. The van der Waals surface area contributed by atoms with Gasteiger partial charge >= 0.3 is 0 Å². The van der Waals surface area contributed by atoms with Gasteiger partial charge in [-0.3, -0.25) is 0 Å². The molecule has 1 aliphatic rings. The van der Waals surface area contributed by atoms with Crippen LogP contribution in [0, 0.1) is 0 Å². The van der Waals surface area contributed by atoms with Gasteiger partial charge < -0.3 is 5.73 Å². The van der Waals surface area contributed by atoms with Gasteiger partial charge in [0.05, 0.1) is 17.3 Å². The standard InChI is InChI=1S/C16H16N4/c17-15-12-8-4-5-9-14(12)19-16-13(15)10-18-20(16)11-6-2-1-3-7-11/h1-3,6-7,10H,4-5,8-9H2,(H2,17,19). The monoisotopic (exact) mass is 264 g/mol. The molecule has 0 amide bonds. The van der Waals surface area contributed by atoms with E-state index >= 15 is 0 Å². The van der Waals surface area contributed by atoms with E-state index in [-0.39, 0.29) is 0 Å². The second-order valence-corrected chi connectivity index (χ2v) is 5.29. The number of benzene rings is 1. The topological polar surface area (TPSA) is 56.7 Å². The molecule has 2 heterocycles. The van der Waals surface area contributed by atoms with Gasteiger partial charge in [0.15, 0.2) is 5.65 Å². The van der Waals surface area contributed by atoms with Gasteiger partial charge in [-0.05, 0) is 43.4 Å². The van der Waals surface area contributed by atoms with E-state index in [1.165, 1.54) is 18.4 Å². The number of hydrogen-bond acceptors (Lipinski definition) is 3. The van der Waals surface area contributed by atoms with Crippen LogP contribution in [-0.2, 0) is 12.8 Å². The molecule has 1 aromatic carbocycles. The van der Waals surface area contributed by atoms with E-state index in [1.54, 1.807) is 0 Å². The van der Waals surface area contributed by atoms with Gasteiger partial charge in [-0.15, -0.1) is 0 Å². The number of para-hydroxylation sites is 1. The lowest BCUT2D eigenvalue weighted by molar-refractivity contribution is 0.671. The molecular weight excluding hydrogens is 248 g/mol. The highest BCUT2D eigenvalue weighted by molar-refractivity contribution is 5.90. The summed E-state index contributed by atoms with van der Waals surface area (Å²) in [7, 11) is 0. The van der Waals surface area contributed by atoms with E-state index in [2.05, 4.69) is 5.10 Å². The molecule has 0 fully saturated rings. The molecule has 4 nitrogen and oxygen atoms in total. The van der Waals surface area contributed by atoms with Gasteiger partial charge in [0.1, 0.15) is 0 Å². The molecule has 0 saturated carbocycles. The van der Waals surface area contributed by atoms with E-state index in [0.717, 1.165) is 40.9 Å². The van der Waals surface area contributed by atoms with E-state index < -0.39 is 0 Å². The van der Waals surface area contributed by atoms with Crippen molar-refractivity contribution in [3.63, 3.8) is 0 Å². The fraction of sp³-hybridized carbons (Fsp3) is 0.250. The van der Waals surface area contributed by atoms with E-state index in [4.69, 9.17) is 10.7 Å². The van der Waals surface area contributed by atoms with E-state index in [1.807, 2.05) is 41.2 Å². The predicted molar refractivity (Wildman–Crippen MR) is 79.9 cm³/mol. The Labute approximate surface area is 117 Å². The van der Waals surface area contributed by atoms with Crippen LogP contribution >= 0.6 is 0 Å². The van der Waals surface area contributed by atoms with Crippen LogP contribution in [0.5, 0.6) is 0 Å². The maximum atomic E-state index is 6.34. The minimum Gasteiger partial charge on any atom is -0.398 e. The third kappa shape index (κ3) is 1.61. The Morgan fingerprint density at radius 2 is 1.85 bits per heavy atom. The lowest BCUT2D eigenvalue weighted by atomic mass is 9.94. The molecule has 1 aliphatic carbocycles. The summed E-state index contributed by atoms with van der Waals surface area (Å²) in [6.45, 7) is 0. The Hall–Kier alpha value is -2.36.